The Balaban J connectivity index is 0.00000128. The second-order valence-corrected chi connectivity index (χ2v) is 3.66. The van der Waals surface area contributed by atoms with Gasteiger partial charge in [0.2, 0.25) is 0 Å². The van der Waals surface area contributed by atoms with Gasteiger partial charge in [-0.25, -0.2) is 4.98 Å². The van der Waals surface area contributed by atoms with E-state index < -0.39 is 0 Å². The Kier molecular flexibility index (Phi) is 6.52. The Bertz CT molecular complexity index is 370. The maximum Gasteiger partial charge on any atom is 0.323 e. The molecule has 0 radical (unpaired) electrons. The van der Waals surface area contributed by atoms with Crippen molar-refractivity contribution in [1.82, 2.24) is 15.3 Å². The van der Waals surface area contributed by atoms with Crippen LogP contribution in [0, 0.1) is 0 Å². The van der Waals surface area contributed by atoms with Gasteiger partial charge in [-0.3, -0.25) is 10.1 Å². The average Bonchev–Trinajstić information content (AvgIpc) is 2.66. The summed E-state index contributed by atoms with van der Waals surface area (Å²) in [6, 6.07) is -0.165. The molecule has 17 heavy (non-hydrogen) atoms. The number of rotatable bonds is 2. The van der Waals surface area contributed by atoms with Gasteiger partial charge in [-0.15, -0.1) is 24.8 Å². The molecule has 0 spiro atoms. The molecule has 2 unspecified atom stereocenters. The summed E-state index contributed by atoms with van der Waals surface area (Å²) in [5.74, 6) is -0.190. The summed E-state index contributed by atoms with van der Waals surface area (Å²) in [5.41, 5.74) is 2.02. The van der Waals surface area contributed by atoms with Crippen LogP contribution in [-0.4, -0.2) is 28.6 Å². The molecule has 98 valence electrons. The molecule has 0 saturated heterocycles. The lowest BCUT2D eigenvalue weighted by Gasteiger charge is -2.26. The molecule has 0 saturated carbocycles. The van der Waals surface area contributed by atoms with Gasteiger partial charge in [-0.1, -0.05) is 0 Å². The molecule has 2 N–H and O–H groups in total. The van der Waals surface area contributed by atoms with E-state index in [1.807, 2.05) is 13.8 Å². The van der Waals surface area contributed by atoms with Crippen molar-refractivity contribution in [3.8, 4) is 0 Å². The van der Waals surface area contributed by atoms with Gasteiger partial charge in [0.05, 0.1) is 18.6 Å². The van der Waals surface area contributed by atoms with Crippen molar-refractivity contribution < 1.29 is 9.53 Å². The van der Waals surface area contributed by atoms with E-state index in [4.69, 9.17) is 4.74 Å². The van der Waals surface area contributed by atoms with E-state index in [2.05, 4.69) is 15.3 Å². The van der Waals surface area contributed by atoms with E-state index in [0.717, 1.165) is 11.4 Å². The van der Waals surface area contributed by atoms with Crippen LogP contribution in [-0.2, 0) is 16.0 Å². The number of esters is 1. The van der Waals surface area contributed by atoms with Crippen molar-refractivity contribution in [1.29, 1.82) is 0 Å². The van der Waals surface area contributed by atoms with E-state index in [1.54, 1.807) is 6.33 Å². The molecule has 0 fully saturated rings. The normalized spacial score (nSPS) is 21.8. The van der Waals surface area contributed by atoms with E-state index in [-0.39, 0.29) is 42.9 Å². The number of nitrogens with one attached hydrogen (secondary N) is 2. The third kappa shape index (κ3) is 3.34. The minimum Gasteiger partial charge on any atom is -0.465 e. The zero-order valence-electron chi connectivity index (χ0n) is 9.73. The maximum atomic E-state index is 11.6. The van der Waals surface area contributed by atoms with Gasteiger partial charge in [0.15, 0.2) is 0 Å². The molecule has 2 heterocycles. The summed E-state index contributed by atoms with van der Waals surface area (Å²) in [7, 11) is 0. The van der Waals surface area contributed by atoms with Crippen LogP contribution in [0.1, 0.15) is 31.3 Å². The lowest BCUT2D eigenvalue weighted by Crippen LogP contribution is -2.44. The van der Waals surface area contributed by atoms with Crippen LogP contribution < -0.4 is 5.32 Å². The van der Waals surface area contributed by atoms with E-state index in [0.29, 0.717) is 13.0 Å². The van der Waals surface area contributed by atoms with E-state index in [9.17, 15) is 4.79 Å². The minimum absolute atomic E-state index is 0. The molecular formula is C10H17Cl2N3O2. The fraction of sp³-hybridized carbons (Fsp3) is 0.600. The summed E-state index contributed by atoms with van der Waals surface area (Å²) in [6.07, 6.45) is 2.29. The standard InChI is InChI=1S/C10H15N3O2.2ClH/c1-3-15-10(14)8-4-7-9(6(2)13-8)12-5-11-7;;/h5-6,8,13H,3-4H2,1-2H3,(H,11,12);2*1H. The van der Waals surface area contributed by atoms with Crippen LogP contribution in [0.15, 0.2) is 6.33 Å². The Morgan fingerprint density at radius 3 is 2.94 bits per heavy atom. The highest BCUT2D eigenvalue weighted by Gasteiger charge is 2.30. The van der Waals surface area contributed by atoms with Crippen molar-refractivity contribution >= 4 is 30.8 Å². The Hall–Kier alpha value is -0.780. The topological polar surface area (TPSA) is 67.0 Å². The fourth-order valence-electron chi connectivity index (χ4n) is 1.91. The predicted molar refractivity (Wildman–Crippen MR) is 68.8 cm³/mol. The number of H-pyrrole nitrogens is 1. The van der Waals surface area contributed by atoms with Crippen LogP contribution in [0.2, 0.25) is 0 Å². The van der Waals surface area contributed by atoms with Crippen molar-refractivity contribution in [2.24, 2.45) is 0 Å². The van der Waals surface area contributed by atoms with Crippen LogP contribution in [0.4, 0.5) is 0 Å². The highest BCUT2D eigenvalue weighted by molar-refractivity contribution is 5.85. The predicted octanol–water partition coefficient (Wildman–Crippen LogP) is 1.39. The number of ether oxygens (including phenoxy) is 1. The molecule has 1 aliphatic heterocycles. The Labute approximate surface area is 113 Å². The van der Waals surface area contributed by atoms with E-state index in [1.165, 1.54) is 0 Å². The number of imidazole rings is 1. The molecule has 0 aliphatic carbocycles. The van der Waals surface area contributed by atoms with Crippen LogP contribution in [0.3, 0.4) is 0 Å². The molecule has 2 rings (SSSR count). The highest BCUT2D eigenvalue weighted by atomic mass is 35.5. The highest BCUT2D eigenvalue weighted by Crippen LogP contribution is 2.21. The number of halogens is 2. The summed E-state index contributed by atoms with van der Waals surface area (Å²) in [6.45, 7) is 4.22. The molecule has 0 bridgehead atoms. The number of carbonyl (C=O) groups is 1. The molecule has 1 aromatic heterocycles. The first kappa shape index (κ1) is 16.2. The number of fused-ring (bicyclic) bond motifs is 1. The quantitative estimate of drug-likeness (QED) is 0.804. The lowest BCUT2D eigenvalue weighted by atomic mass is 10.0. The second-order valence-electron chi connectivity index (χ2n) is 3.66. The molecule has 0 amide bonds. The SMILES string of the molecule is CCOC(=O)C1Cc2[nH]cnc2C(C)N1.Cl.Cl. The molecule has 2 atom stereocenters. The van der Waals surface area contributed by atoms with Gasteiger partial charge < -0.3 is 9.72 Å². The number of nitrogens with zero attached hydrogens (tertiary/aromatic N) is 1. The van der Waals surface area contributed by atoms with E-state index >= 15 is 0 Å². The first-order chi connectivity index (χ1) is 7.22. The van der Waals surface area contributed by atoms with Crippen molar-refractivity contribution in [3.63, 3.8) is 0 Å². The minimum atomic E-state index is -0.257. The number of hydrogen-bond acceptors (Lipinski definition) is 4. The summed E-state index contributed by atoms with van der Waals surface area (Å²) in [5, 5.41) is 3.19. The largest absolute Gasteiger partial charge is 0.465 e. The molecule has 0 aromatic carbocycles. The fourth-order valence-corrected chi connectivity index (χ4v) is 1.91. The van der Waals surface area contributed by atoms with Gasteiger partial charge in [0.1, 0.15) is 6.04 Å². The summed E-state index contributed by atoms with van der Waals surface area (Å²) >= 11 is 0. The van der Waals surface area contributed by atoms with Gasteiger partial charge in [-0.05, 0) is 13.8 Å². The zero-order chi connectivity index (χ0) is 10.8. The van der Waals surface area contributed by atoms with Crippen molar-refractivity contribution in [3.05, 3.63) is 17.7 Å². The molecule has 5 nitrogen and oxygen atoms in total. The first-order valence-electron chi connectivity index (χ1n) is 5.17. The Morgan fingerprint density at radius 2 is 2.29 bits per heavy atom. The zero-order valence-corrected chi connectivity index (χ0v) is 11.4. The van der Waals surface area contributed by atoms with Gasteiger partial charge in [0, 0.05) is 18.2 Å². The van der Waals surface area contributed by atoms with Crippen LogP contribution >= 0.6 is 24.8 Å². The van der Waals surface area contributed by atoms with Crippen LogP contribution in [0.5, 0.6) is 0 Å². The first-order valence-corrected chi connectivity index (χ1v) is 5.17. The molecule has 1 aromatic rings. The summed E-state index contributed by atoms with van der Waals surface area (Å²) in [4.78, 5) is 18.8. The molecular weight excluding hydrogens is 265 g/mol. The third-order valence-corrected chi connectivity index (χ3v) is 2.59. The third-order valence-electron chi connectivity index (χ3n) is 2.59. The number of hydrogen-bond donors (Lipinski definition) is 2. The Morgan fingerprint density at radius 1 is 1.59 bits per heavy atom. The summed E-state index contributed by atoms with van der Waals surface area (Å²) < 4.78 is 4.99. The van der Waals surface area contributed by atoms with Crippen molar-refractivity contribution in [2.75, 3.05) is 6.61 Å². The smallest absolute Gasteiger partial charge is 0.323 e. The average molecular weight is 282 g/mol. The lowest BCUT2D eigenvalue weighted by molar-refractivity contribution is -0.146. The monoisotopic (exact) mass is 281 g/mol. The van der Waals surface area contributed by atoms with Gasteiger partial charge >= 0.3 is 5.97 Å². The maximum absolute atomic E-state index is 11.6. The van der Waals surface area contributed by atoms with Gasteiger partial charge in [0.25, 0.3) is 0 Å². The number of aromatic amines is 1. The number of carbonyl (C=O) groups excluding carboxylic acids is 1. The molecule has 7 heteroatoms. The van der Waals surface area contributed by atoms with Crippen LogP contribution in [0.25, 0.3) is 0 Å². The number of aromatic nitrogens is 2. The second kappa shape index (κ2) is 6.83. The van der Waals surface area contributed by atoms with Crippen molar-refractivity contribution in [2.45, 2.75) is 32.4 Å². The molecule has 1 aliphatic rings. The van der Waals surface area contributed by atoms with Gasteiger partial charge in [-0.2, -0.15) is 0 Å².